The van der Waals surface area contributed by atoms with Gasteiger partial charge < -0.3 is 0 Å². The van der Waals surface area contributed by atoms with Gasteiger partial charge in [0.1, 0.15) is 0 Å². The van der Waals surface area contributed by atoms with E-state index in [-0.39, 0.29) is 6.17 Å². The lowest BCUT2D eigenvalue weighted by atomic mass is 10.1. The van der Waals surface area contributed by atoms with E-state index in [0.29, 0.717) is 6.42 Å². The van der Waals surface area contributed by atoms with Crippen LogP contribution in [0, 0.1) is 6.07 Å². The molecule has 4 nitrogen and oxygen atoms in total. The van der Waals surface area contributed by atoms with E-state index >= 15 is 0 Å². The van der Waals surface area contributed by atoms with Crippen molar-refractivity contribution in [3.05, 3.63) is 35.9 Å². The molecule has 0 aliphatic heterocycles. The van der Waals surface area contributed by atoms with E-state index in [1.54, 1.807) is 0 Å². The summed E-state index contributed by atoms with van der Waals surface area (Å²) in [6.45, 7) is 0. The van der Waals surface area contributed by atoms with Crippen molar-refractivity contribution in [1.29, 1.82) is 0 Å². The molecule has 0 heterocycles. The Morgan fingerprint density at radius 1 is 1.40 bits per heavy atom. The topological polar surface area (TPSA) is 49.4 Å². The first-order chi connectivity index (χ1) is 7.09. The van der Waals surface area contributed by atoms with E-state index in [0.717, 1.165) is 5.56 Å². The predicted molar refractivity (Wildman–Crippen MR) is 59.9 cm³/mol. The molecule has 0 fully saturated rings. The standard InChI is InChI=1S/C10H15N2O2S/c1-12(2)10(11-15(13)14)8-9-6-4-3-5-7-9/h4-7,10,15H,8H2,1-2H3,(H,11,13,14). The van der Waals surface area contributed by atoms with Crippen LogP contribution in [-0.2, 0) is 17.3 Å². The van der Waals surface area contributed by atoms with Gasteiger partial charge in [-0.2, -0.15) is 0 Å². The zero-order valence-electron chi connectivity index (χ0n) is 8.80. The molecule has 1 atom stereocenters. The largest absolute Gasteiger partial charge is 0.293 e. The van der Waals surface area contributed by atoms with Crippen molar-refractivity contribution in [1.82, 2.24) is 9.62 Å². The summed E-state index contributed by atoms with van der Waals surface area (Å²) in [5.74, 6) is 0. The van der Waals surface area contributed by atoms with Gasteiger partial charge in [-0.1, -0.05) is 24.3 Å². The summed E-state index contributed by atoms with van der Waals surface area (Å²) < 4.78 is 23.7. The molecular weight excluding hydrogens is 212 g/mol. The van der Waals surface area contributed by atoms with Crippen LogP contribution in [0.4, 0.5) is 0 Å². The molecule has 1 radical (unpaired) electrons. The third-order valence-electron chi connectivity index (χ3n) is 2.09. The second kappa shape index (κ2) is 5.85. The zero-order valence-corrected chi connectivity index (χ0v) is 9.70. The third kappa shape index (κ3) is 4.42. The minimum absolute atomic E-state index is 0.200. The van der Waals surface area contributed by atoms with E-state index in [2.05, 4.69) is 10.8 Å². The number of nitrogens with one attached hydrogen (secondary N) is 1. The second-order valence-corrected chi connectivity index (χ2v) is 4.25. The molecule has 1 N–H and O–H groups in total. The molecule has 1 unspecified atom stereocenters. The Balaban J connectivity index is 2.67. The van der Waals surface area contributed by atoms with Crippen molar-refractivity contribution >= 4 is 10.9 Å². The van der Waals surface area contributed by atoms with Gasteiger partial charge in [0.2, 0.25) is 10.9 Å². The van der Waals surface area contributed by atoms with Crippen molar-refractivity contribution in [3.63, 3.8) is 0 Å². The third-order valence-corrected chi connectivity index (χ3v) is 2.60. The maximum Gasteiger partial charge on any atom is 0.202 e. The van der Waals surface area contributed by atoms with Crippen molar-refractivity contribution in [2.24, 2.45) is 0 Å². The number of rotatable bonds is 5. The van der Waals surface area contributed by atoms with Crippen LogP contribution >= 0.6 is 0 Å². The van der Waals surface area contributed by atoms with Gasteiger partial charge in [0.25, 0.3) is 0 Å². The first-order valence-electron chi connectivity index (χ1n) is 4.61. The molecule has 0 aliphatic rings. The molecule has 0 saturated carbocycles. The second-order valence-electron chi connectivity index (χ2n) is 3.48. The lowest BCUT2D eigenvalue weighted by Gasteiger charge is -2.22. The number of benzene rings is 1. The minimum Gasteiger partial charge on any atom is -0.293 e. The van der Waals surface area contributed by atoms with Gasteiger partial charge in [-0.25, -0.2) is 13.1 Å². The van der Waals surface area contributed by atoms with Crippen LogP contribution < -0.4 is 4.72 Å². The van der Waals surface area contributed by atoms with E-state index in [4.69, 9.17) is 0 Å². The Labute approximate surface area is 92.0 Å². The van der Waals surface area contributed by atoms with Gasteiger partial charge in [-0.15, -0.1) is 0 Å². The molecule has 1 rings (SSSR count). The summed E-state index contributed by atoms with van der Waals surface area (Å²) >= 11 is 0. The highest BCUT2D eigenvalue weighted by Gasteiger charge is 2.11. The molecule has 15 heavy (non-hydrogen) atoms. The first-order valence-corrected chi connectivity index (χ1v) is 5.79. The number of hydrogen-bond donors (Lipinski definition) is 2. The zero-order chi connectivity index (χ0) is 11.3. The summed E-state index contributed by atoms with van der Waals surface area (Å²) in [5, 5.41) is 0. The van der Waals surface area contributed by atoms with Crippen molar-refractivity contribution < 1.29 is 8.42 Å². The normalized spacial score (nSPS) is 13.3. The summed E-state index contributed by atoms with van der Waals surface area (Å²) in [5.41, 5.74) is 1.08. The fourth-order valence-corrected chi connectivity index (χ4v) is 1.81. The monoisotopic (exact) mass is 227 g/mol. The van der Waals surface area contributed by atoms with Gasteiger partial charge in [-0.05, 0) is 25.7 Å². The van der Waals surface area contributed by atoms with Crippen molar-refractivity contribution in [3.8, 4) is 0 Å². The summed E-state index contributed by atoms with van der Waals surface area (Å²) in [6.07, 6.45) is 0.443. The van der Waals surface area contributed by atoms with E-state index in [1.165, 1.54) is 0 Å². The molecule has 5 heteroatoms. The molecule has 83 valence electrons. The fourth-order valence-electron chi connectivity index (χ4n) is 1.25. The highest BCUT2D eigenvalue weighted by atomic mass is 32.2. The van der Waals surface area contributed by atoms with Gasteiger partial charge in [0, 0.05) is 6.42 Å². The first kappa shape index (κ1) is 12.2. The van der Waals surface area contributed by atoms with Crippen LogP contribution in [0.3, 0.4) is 0 Å². The van der Waals surface area contributed by atoms with Gasteiger partial charge in [0.05, 0.1) is 6.17 Å². The minimum atomic E-state index is -2.57. The SMILES string of the molecule is CN(C)C(Cc1cc[c]cc1)N[SH](=O)=O. The van der Waals surface area contributed by atoms with Crippen LogP contribution in [0.15, 0.2) is 24.3 Å². The maximum absolute atomic E-state index is 10.6. The van der Waals surface area contributed by atoms with Crippen molar-refractivity contribution in [2.75, 3.05) is 14.1 Å². The molecular formula is C10H15N2O2S. The Morgan fingerprint density at radius 3 is 2.47 bits per heavy atom. The summed E-state index contributed by atoms with van der Waals surface area (Å²) in [4.78, 5) is 1.84. The summed E-state index contributed by atoms with van der Waals surface area (Å²) in [7, 11) is 1.11. The Morgan fingerprint density at radius 2 is 2.00 bits per heavy atom. The lowest BCUT2D eigenvalue weighted by molar-refractivity contribution is 0.278. The van der Waals surface area contributed by atoms with Gasteiger partial charge in [0.15, 0.2) is 0 Å². The molecule has 0 bridgehead atoms. The van der Waals surface area contributed by atoms with E-state index in [1.807, 2.05) is 43.3 Å². The lowest BCUT2D eigenvalue weighted by Crippen LogP contribution is -2.42. The Bertz CT molecular complexity index is 355. The smallest absolute Gasteiger partial charge is 0.202 e. The number of hydrogen-bond acceptors (Lipinski definition) is 3. The highest BCUT2D eigenvalue weighted by molar-refractivity contribution is 7.70. The molecule has 0 spiro atoms. The fraction of sp³-hybridized carbons (Fsp3) is 0.400. The number of nitrogens with zero attached hydrogens (tertiary/aromatic N) is 1. The van der Waals surface area contributed by atoms with Crippen LogP contribution in [-0.4, -0.2) is 33.6 Å². The Hall–Kier alpha value is -0.910. The van der Waals surface area contributed by atoms with Crippen molar-refractivity contribution in [2.45, 2.75) is 12.6 Å². The van der Waals surface area contributed by atoms with Crippen LogP contribution in [0.25, 0.3) is 0 Å². The predicted octanol–water partition coefficient (Wildman–Crippen LogP) is 0.0330. The average molecular weight is 227 g/mol. The van der Waals surface area contributed by atoms with Gasteiger partial charge >= 0.3 is 0 Å². The molecule has 0 aliphatic carbocycles. The number of thiol groups is 1. The molecule has 1 aromatic carbocycles. The van der Waals surface area contributed by atoms with E-state index in [9.17, 15) is 8.42 Å². The molecule has 0 saturated heterocycles. The van der Waals surface area contributed by atoms with Crippen LogP contribution in [0.2, 0.25) is 0 Å². The van der Waals surface area contributed by atoms with Crippen LogP contribution in [0.5, 0.6) is 0 Å². The maximum atomic E-state index is 10.6. The van der Waals surface area contributed by atoms with E-state index < -0.39 is 10.9 Å². The number of likely N-dealkylation sites (N-methyl/N-ethyl adjacent to an activating group) is 1. The molecule has 0 aromatic heterocycles. The van der Waals surface area contributed by atoms with Crippen LogP contribution in [0.1, 0.15) is 5.56 Å². The Kier molecular flexibility index (Phi) is 4.74. The van der Waals surface area contributed by atoms with Gasteiger partial charge in [-0.3, -0.25) is 4.90 Å². The highest BCUT2D eigenvalue weighted by Crippen LogP contribution is 2.04. The molecule has 1 aromatic rings. The average Bonchev–Trinajstić information content (AvgIpc) is 2.17. The molecule has 0 amide bonds. The quantitative estimate of drug-likeness (QED) is 0.551. The summed E-state index contributed by atoms with van der Waals surface area (Å²) in [6, 6.07) is 10.4.